The summed E-state index contributed by atoms with van der Waals surface area (Å²) in [5, 5.41) is 21.7. The van der Waals surface area contributed by atoms with E-state index < -0.39 is 12.2 Å². The third-order valence-corrected chi connectivity index (χ3v) is 3.93. The van der Waals surface area contributed by atoms with Gasteiger partial charge in [-0.3, -0.25) is 9.88 Å². The molecule has 2 aromatic carbocycles. The molecule has 0 aliphatic heterocycles. The Balaban J connectivity index is 1.77. The van der Waals surface area contributed by atoms with Crippen LogP contribution in [0, 0.1) is 0 Å². The van der Waals surface area contributed by atoms with Crippen LogP contribution in [0.2, 0.25) is 0 Å². The Morgan fingerprint density at radius 3 is 2.50 bits per heavy atom. The SMILES string of the molecule is O=C(O)N(CCC(O)c1ccccn1)c1ccc2ccccc2c1. The van der Waals surface area contributed by atoms with Gasteiger partial charge in [0.1, 0.15) is 0 Å². The van der Waals surface area contributed by atoms with Crippen LogP contribution in [-0.4, -0.2) is 27.8 Å². The van der Waals surface area contributed by atoms with Crippen LogP contribution < -0.4 is 4.90 Å². The van der Waals surface area contributed by atoms with Crippen molar-refractivity contribution in [1.82, 2.24) is 4.98 Å². The number of anilines is 1. The molecule has 0 radical (unpaired) electrons. The van der Waals surface area contributed by atoms with E-state index in [2.05, 4.69) is 4.98 Å². The monoisotopic (exact) mass is 322 g/mol. The first-order valence-corrected chi connectivity index (χ1v) is 7.73. The van der Waals surface area contributed by atoms with Gasteiger partial charge < -0.3 is 10.2 Å². The lowest BCUT2D eigenvalue weighted by Gasteiger charge is -2.21. The van der Waals surface area contributed by atoms with Crippen molar-refractivity contribution in [3.05, 3.63) is 72.6 Å². The summed E-state index contributed by atoms with van der Waals surface area (Å²) in [5.74, 6) is 0. The zero-order valence-corrected chi connectivity index (χ0v) is 13.0. The van der Waals surface area contributed by atoms with Crippen LogP contribution in [0.5, 0.6) is 0 Å². The van der Waals surface area contributed by atoms with Crippen molar-refractivity contribution in [3.8, 4) is 0 Å². The summed E-state index contributed by atoms with van der Waals surface area (Å²) in [7, 11) is 0. The lowest BCUT2D eigenvalue weighted by atomic mass is 10.1. The fourth-order valence-corrected chi connectivity index (χ4v) is 2.65. The molecule has 1 heterocycles. The predicted octanol–water partition coefficient (Wildman–Crippen LogP) is 3.84. The number of fused-ring (bicyclic) bond motifs is 1. The third-order valence-electron chi connectivity index (χ3n) is 3.93. The Kier molecular flexibility index (Phi) is 4.72. The van der Waals surface area contributed by atoms with Crippen LogP contribution in [0.1, 0.15) is 18.2 Å². The van der Waals surface area contributed by atoms with Gasteiger partial charge in [0.15, 0.2) is 0 Å². The molecule has 0 aliphatic rings. The van der Waals surface area contributed by atoms with Crippen molar-refractivity contribution >= 4 is 22.6 Å². The molecular weight excluding hydrogens is 304 g/mol. The van der Waals surface area contributed by atoms with Gasteiger partial charge in [0.25, 0.3) is 0 Å². The second-order valence-electron chi connectivity index (χ2n) is 5.52. The van der Waals surface area contributed by atoms with Crippen LogP contribution in [0.25, 0.3) is 10.8 Å². The quantitative estimate of drug-likeness (QED) is 0.748. The molecule has 0 fully saturated rings. The smallest absolute Gasteiger partial charge is 0.411 e. The first-order valence-electron chi connectivity index (χ1n) is 7.73. The normalized spacial score (nSPS) is 12.0. The number of rotatable bonds is 5. The lowest BCUT2D eigenvalue weighted by Crippen LogP contribution is -2.31. The molecule has 1 amide bonds. The number of nitrogens with zero attached hydrogens (tertiary/aromatic N) is 2. The van der Waals surface area contributed by atoms with Gasteiger partial charge in [0, 0.05) is 18.4 Å². The summed E-state index contributed by atoms with van der Waals surface area (Å²) in [4.78, 5) is 17.0. The van der Waals surface area contributed by atoms with E-state index in [1.165, 1.54) is 4.90 Å². The number of pyridine rings is 1. The number of carboxylic acid groups (broad SMARTS) is 1. The van der Waals surface area contributed by atoms with Gasteiger partial charge in [-0.25, -0.2) is 4.79 Å². The van der Waals surface area contributed by atoms with Gasteiger partial charge in [0.2, 0.25) is 0 Å². The number of aliphatic hydroxyl groups is 1. The highest BCUT2D eigenvalue weighted by Crippen LogP contribution is 2.24. The molecule has 0 bridgehead atoms. The van der Waals surface area contributed by atoms with E-state index in [9.17, 15) is 15.0 Å². The number of hydrogen-bond donors (Lipinski definition) is 2. The van der Waals surface area contributed by atoms with Crippen molar-refractivity contribution in [2.45, 2.75) is 12.5 Å². The number of carbonyl (C=O) groups is 1. The molecule has 0 aliphatic carbocycles. The summed E-state index contributed by atoms with van der Waals surface area (Å²) in [6.07, 6.45) is 0.0412. The van der Waals surface area contributed by atoms with Gasteiger partial charge in [-0.1, -0.05) is 36.4 Å². The molecule has 122 valence electrons. The van der Waals surface area contributed by atoms with Crippen LogP contribution in [0.4, 0.5) is 10.5 Å². The minimum absolute atomic E-state index is 0.186. The van der Waals surface area contributed by atoms with Gasteiger partial charge in [0.05, 0.1) is 11.8 Å². The Bertz CT molecular complexity index is 836. The molecule has 5 heteroatoms. The highest BCUT2D eigenvalue weighted by molar-refractivity contribution is 5.92. The molecule has 5 nitrogen and oxygen atoms in total. The lowest BCUT2D eigenvalue weighted by molar-refractivity contribution is 0.162. The zero-order valence-electron chi connectivity index (χ0n) is 13.0. The molecule has 24 heavy (non-hydrogen) atoms. The highest BCUT2D eigenvalue weighted by atomic mass is 16.4. The minimum Gasteiger partial charge on any atom is -0.465 e. The first kappa shape index (κ1) is 16.0. The molecule has 1 unspecified atom stereocenters. The molecule has 0 spiro atoms. The van der Waals surface area contributed by atoms with Crippen LogP contribution in [0.15, 0.2) is 66.9 Å². The fraction of sp³-hybridized carbons (Fsp3) is 0.158. The van der Waals surface area contributed by atoms with E-state index in [4.69, 9.17) is 0 Å². The molecule has 0 saturated carbocycles. The largest absolute Gasteiger partial charge is 0.465 e. The Labute approximate surface area is 139 Å². The van der Waals surface area contributed by atoms with E-state index >= 15 is 0 Å². The van der Waals surface area contributed by atoms with Gasteiger partial charge in [-0.05, 0) is 41.5 Å². The Morgan fingerprint density at radius 2 is 1.79 bits per heavy atom. The highest BCUT2D eigenvalue weighted by Gasteiger charge is 2.17. The van der Waals surface area contributed by atoms with Gasteiger partial charge in [-0.15, -0.1) is 0 Å². The van der Waals surface area contributed by atoms with Crippen LogP contribution >= 0.6 is 0 Å². The Hall–Kier alpha value is -2.92. The van der Waals surface area contributed by atoms with E-state index in [0.717, 1.165) is 10.8 Å². The summed E-state index contributed by atoms with van der Waals surface area (Å²) < 4.78 is 0. The first-order chi connectivity index (χ1) is 11.6. The average molecular weight is 322 g/mol. The average Bonchev–Trinajstić information content (AvgIpc) is 2.62. The minimum atomic E-state index is -1.04. The topological polar surface area (TPSA) is 73.7 Å². The van der Waals surface area contributed by atoms with Crippen molar-refractivity contribution in [1.29, 1.82) is 0 Å². The summed E-state index contributed by atoms with van der Waals surface area (Å²) in [6.45, 7) is 0.186. The maximum Gasteiger partial charge on any atom is 0.411 e. The number of aromatic nitrogens is 1. The van der Waals surface area contributed by atoms with E-state index in [-0.39, 0.29) is 13.0 Å². The van der Waals surface area contributed by atoms with Gasteiger partial charge >= 0.3 is 6.09 Å². The summed E-state index contributed by atoms with van der Waals surface area (Å²) >= 11 is 0. The molecule has 1 aromatic heterocycles. The summed E-state index contributed by atoms with van der Waals surface area (Å²) in [5.41, 5.74) is 1.13. The van der Waals surface area contributed by atoms with Crippen molar-refractivity contribution in [3.63, 3.8) is 0 Å². The predicted molar refractivity (Wildman–Crippen MR) is 93.1 cm³/mol. The number of amides is 1. The molecule has 0 saturated heterocycles. The molecule has 1 atom stereocenters. The standard InChI is InChI=1S/C19H18N2O3/c22-18(17-7-3-4-11-20-17)10-12-21(19(23)24)16-9-8-14-5-1-2-6-15(14)13-16/h1-9,11,13,18,22H,10,12H2,(H,23,24). The summed E-state index contributed by atoms with van der Waals surface area (Å²) in [6, 6.07) is 18.6. The second-order valence-corrected chi connectivity index (χ2v) is 5.52. The van der Waals surface area contributed by atoms with Crippen molar-refractivity contribution in [2.24, 2.45) is 0 Å². The van der Waals surface area contributed by atoms with E-state index in [1.54, 1.807) is 30.5 Å². The molecule has 3 rings (SSSR count). The fourth-order valence-electron chi connectivity index (χ4n) is 2.65. The van der Waals surface area contributed by atoms with Crippen LogP contribution in [0.3, 0.4) is 0 Å². The van der Waals surface area contributed by atoms with Crippen molar-refractivity contribution in [2.75, 3.05) is 11.4 Å². The molecule has 3 aromatic rings. The van der Waals surface area contributed by atoms with Crippen LogP contribution in [-0.2, 0) is 0 Å². The second kappa shape index (κ2) is 7.10. The molecule has 2 N–H and O–H groups in total. The van der Waals surface area contributed by atoms with E-state index in [0.29, 0.717) is 11.4 Å². The maximum absolute atomic E-state index is 11.6. The van der Waals surface area contributed by atoms with E-state index in [1.807, 2.05) is 36.4 Å². The third kappa shape index (κ3) is 3.52. The molecular formula is C19H18N2O3. The maximum atomic E-state index is 11.6. The zero-order chi connectivity index (χ0) is 16.9. The van der Waals surface area contributed by atoms with Crippen molar-refractivity contribution < 1.29 is 15.0 Å². The van der Waals surface area contributed by atoms with Gasteiger partial charge in [-0.2, -0.15) is 0 Å². The number of hydrogen-bond acceptors (Lipinski definition) is 3. The number of benzene rings is 2. The number of aliphatic hydroxyl groups excluding tert-OH is 1. The Morgan fingerprint density at radius 1 is 1.04 bits per heavy atom.